The van der Waals surface area contributed by atoms with Gasteiger partial charge in [0.25, 0.3) is 0 Å². The van der Waals surface area contributed by atoms with Gasteiger partial charge in [0, 0.05) is 19.0 Å². The first-order valence-electron chi connectivity index (χ1n) is 5.94. The van der Waals surface area contributed by atoms with Crippen molar-refractivity contribution in [2.24, 2.45) is 12.8 Å². The summed E-state index contributed by atoms with van der Waals surface area (Å²) < 4.78 is 2.00. The normalized spacial score (nSPS) is 28.3. The first-order valence-corrected chi connectivity index (χ1v) is 5.94. The van der Waals surface area contributed by atoms with Crippen LogP contribution in [0, 0.1) is 0 Å². The molecule has 0 unspecified atom stereocenters. The minimum absolute atomic E-state index is 0.0366. The average Bonchev–Trinajstić information content (AvgIpc) is 2.66. The number of aryl methyl sites for hydroxylation is 1. The minimum Gasteiger partial charge on any atom is -0.393 e. The summed E-state index contributed by atoms with van der Waals surface area (Å²) in [7, 11) is 1.99. The molecule has 2 aromatic rings. The van der Waals surface area contributed by atoms with Crippen molar-refractivity contribution in [3.63, 3.8) is 0 Å². The summed E-state index contributed by atoms with van der Waals surface area (Å²) in [4.78, 5) is 4.36. The molecule has 4 heteroatoms. The molecule has 1 aromatic carbocycles. The van der Waals surface area contributed by atoms with E-state index in [0.29, 0.717) is 6.54 Å². The van der Waals surface area contributed by atoms with Gasteiger partial charge in [-0.1, -0.05) is 6.07 Å². The summed E-state index contributed by atoms with van der Waals surface area (Å²) in [5, 5.41) is 9.52. The number of aromatic nitrogens is 2. The number of hydrogen-bond acceptors (Lipinski definition) is 3. The van der Waals surface area contributed by atoms with E-state index in [-0.39, 0.29) is 11.5 Å². The standard InChI is InChI=1S/C13H17N3O/c1-16-8-15-11-4-9(2-3-12(11)16)13(7-14)5-10(17)6-13/h2-4,8,10,17H,5-7,14H2,1H3. The zero-order valence-corrected chi connectivity index (χ0v) is 9.93. The number of hydrogen-bond donors (Lipinski definition) is 2. The summed E-state index contributed by atoms with van der Waals surface area (Å²) in [5.74, 6) is 0. The van der Waals surface area contributed by atoms with Gasteiger partial charge in [-0.2, -0.15) is 0 Å². The van der Waals surface area contributed by atoms with Gasteiger partial charge in [0.05, 0.1) is 23.5 Å². The van der Waals surface area contributed by atoms with Gasteiger partial charge in [0.15, 0.2) is 0 Å². The number of benzene rings is 1. The van der Waals surface area contributed by atoms with Crippen LogP contribution in [-0.2, 0) is 12.5 Å². The van der Waals surface area contributed by atoms with Crippen molar-refractivity contribution in [3.05, 3.63) is 30.1 Å². The van der Waals surface area contributed by atoms with Crippen molar-refractivity contribution < 1.29 is 5.11 Å². The second-order valence-electron chi connectivity index (χ2n) is 5.11. The lowest BCUT2D eigenvalue weighted by Gasteiger charge is -2.45. The number of imidazole rings is 1. The van der Waals surface area contributed by atoms with E-state index in [9.17, 15) is 5.11 Å². The Balaban J connectivity index is 2.06. The van der Waals surface area contributed by atoms with Crippen molar-refractivity contribution in [2.45, 2.75) is 24.4 Å². The molecule has 0 bridgehead atoms. The van der Waals surface area contributed by atoms with Crippen LogP contribution in [0.4, 0.5) is 0 Å². The molecule has 0 aliphatic heterocycles. The Labute approximate surface area is 100 Å². The molecule has 1 fully saturated rings. The fraction of sp³-hybridized carbons (Fsp3) is 0.462. The molecule has 1 saturated carbocycles. The fourth-order valence-corrected chi connectivity index (χ4v) is 2.83. The second-order valence-corrected chi connectivity index (χ2v) is 5.11. The Kier molecular flexibility index (Phi) is 2.24. The minimum atomic E-state index is -0.196. The van der Waals surface area contributed by atoms with E-state index in [1.54, 1.807) is 0 Å². The monoisotopic (exact) mass is 231 g/mol. The molecular weight excluding hydrogens is 214 g/mol. The topological polar surface area (TPSA) is 64.1 Å². The van der Waals surface area contributed by atoms with Crippen LogP contribution in [0.3, 0.4) is 0 Å². The van der Waals surface area contributed by atoms with Crippen molar-refractivity contribution in [3.8, 4) is 0 Å². The molecule has 1 aromatic heterocycles. The first-order chi connectivity index (χ1) is 8.14. The van der Waals surface area contributed by atoms with Crippen LogP contribution >= 0.6 is 0 Å². The van der Waals surface area contributed by atoms with Crippen LogP contribution < -0.4 is 5.73 Å². The predicted octanol–water partition coefficient (Wildman–Crippen LogP) is 0.924. The molecule has 1 heterocycles. The van der Waals surface area contributed by atoms with Crippen LogP contribution in [0.2, 0.25) is 0 Å². The Hall–Kier alpha value is -1.39. The first kappa shape index (κ1) is 10.7. The maximum atomic E-state index is 9.52. The molecule has 0 saturated heterocycles. The highest BCUT2D eigenvalue weighted by Gasteiger charge is 2.43. The number of nitrogens with zero attached hydrogens (tertiary/aromatic N) is 2. The summed E-state index contributed by atoms with van der Waals surface area (Å²) >= 11 is 0. The number of aliphatic hydroxyl groups is 1. The lowest BCUT2D eigenvalue weighted by atomic mass is 9.63. The molecule has 4 nitrogen and oxygen atoms in total. The van der Waals surface area contributed by atoms with E-state index in [0.717, 1.165) is 23.9 Å². The Morgan fingerprint density at radius 1 is 1.53 bits per heavy atom. The lowest BCUT2D eigenvalue weighted by molar-refractivity contribution is 0.0222. The molecule has 17 heavy (non-hydrogen) atoms. The maximum Gasteiger partial charge on any atom is 0.0955 e. The molecular formula is C13H17N3O. The van der Waals surface area contributed by atoms with Crippen molar-refractivity contribution in [1.29, 1.82) is 0 Å². The second kappa shape index (κ2) is 3.55. The van der Waals surface area contributed by atoms with Gasteiger partial charge >= 0.3 is 0 Å². The van der Waals surface area contributed by atoms with Crippen molar-refractivity contribution in [1.82, 2.24) is 9.55 Å². The largest absolute Gasteiger partial charge is 0.393 e. The van der Waals surface area contributed by atoms with E-state index < -0.39 is 0 Å². The highest BCUT2D eigenvalue weighted by Crippen LogP contribution is 2.43. The number of nitrogens with two attached hydrogens (primary N) is 1. The molecule has 3 N–H and O–H groups in total. The van der Waals surface area contributed by atoms with Gasteiger partial charge in [-0.15, -0.1) is 0 Å². The maximum absolute atomic E-state index is 9.52. The van der Waals surface area contributed by atoms with Crippen LogP contribution in [0.5, 0.6) is 0 Å². The van der Waals surface area contributed by atoms with E-state index in [1.807, 2.05) is 17.9 Å². The number of aliphatic hydroxyl groups excluding tert-OH is 1. The molecule has 90 valence electrons. The van der Waals surface area contributed by atoms with E-state index in [1.165, 1.54) is 5.56 Å². The molecule has 1 aliphatic rings. The van der Waals surface area contributed by atoms with Gasteiger partial charge in [0.2, 0.25) is 0 Å². The van der Waals surface area contributed by atoms with E-state index in [2.05, 4.69) is 23.2 Å². The van der Waals surface area contributed by atoms with Crippen LogP contribution in [0.25, 0.3) is 11.0 Å². The SMILES string of the molecule is Cn1cnc2cc(C3(CN)CC(O)C3)ccc21. The average molecular weight is 231 g/mol. The molecule has 1 aliphatic carbocycles. The molecule has 3 rings (SSSR count). The fourth-order valence-electron chi connectivity index (χ4n) is 2.83. The van der Waals surface area contributed by atoms with E-state index in [4.69, 9.17) is 5.73 Å². The van der Waals surface area contributed by atoms with E-state index >= 15 is 0 Å². The predicted molar refractivity (Wildman–Crippen MR) is 66.7 cm³/mol. The summed E-state index contributed by atoms with van der Waals surface area (Å²) in [6.45, 7) is 0.586. The van der Waals surface area contributed by atoms with Gasteiger partial charge in [-0.25, -0.2) is 4.98 Å². The molecule has 0 amide bonds. The molecule has 0 atom stereocenters. The third-order valence-corrected chi connectivity index (χ3v) is 3.98. The third kappa shape index (κ3) is 1.48. The van der Waals surface area contributed by atoms with Crippen molar-refractivity contribution >= 4 is 11.0 Å². The number of rotatable bonds is 2. The molecule has 0 spiro atoms. The number of fused-ring (bicyclic) bond motifs is 1. The Morgan fingerprint density at radius 3 is 2.94 bits per heavy atom. The van der Waals surface area contributed by atoms with Crippen molar-refractivity contribution in [2.75, 3.05) is 6.54 Å². The lowest BCUT2D eigenvalue weighted by Crippen LogP contribution is -2.49. The summed E-state index contributed by atoms with van der Waals surface area (Å²) in [6, 6.07) is 6.30. The van der Waals surface area contributed by atoms with Crippen LogP contribution in [-0.4, -0.2) is 27.3 Å². The summed E-state index contributed by atoms with van der Waals surface area (Å²) in [6.07, 6.45) is 3.15. The quantitative estimate of drug-likeness (QED) is 0.808. The smallest absolute Gasteiger partial charge is 0.0955 e. The molecule has 0 radical (unpaired) electrons. The zero-order chi connectivity index (χ0) is 12.0. The van der Waals surface area contributed by atoms with Gasteiger partial charge in [-0.3, -0.25) is 0 Å². The van der Waals surface area contributed by atoms with Crippen LogP contribution in [0.15, 0.2) is 24.5 Å². The van der Waals surface area contributed by atoms with Gasteiger partial charge in [0.1, 0.15) is 0 Å². The highest BCUT2D eigenvalue weighted by atomic mass is 16.3. The van der Waals surface area contributed by atoms with Gasteiger partial charge in [-0.05, 0) is 30.5 Å². The van der Waals surface area contributed by atoms with Crippen LogP contribution in [0.1, 0.15) is 18.4 Å². The zero-order valence-electron chi connectivity index (χ0n) is 9.93. The highest BCUT2D eigenvalue weighted by molar-refractivity contribution is 5.76. The Bertz CT molecular complexity index is 555. The summed E-state index contributed by atoms with van der Waals surface area (Å²) in [5.41, 5.74) is 9.17. The van der Waals surface area contributed by atoms with Gasteiger partial charge < -0.3 is 15.4 Å². The third-order valence-electron chi connectivity index (χ3n) is 3.98. The Morgan fingerprint density at radius 2 is 2.29 bits per heavy atom.